The summed E-state index contributed by atoms with van der Waals surface area (Å²) in [6, 6.07) is 6.82. The van der Waals surface area contributed by atoms with Crippen molar-refractivity contribution in [3.8, 4) is 0 Å². The molecule has 0 aromatic heterocycles. The van der Waals surface area contributed by atoms with Crippen molar-refractivity contribution in [2.75, 3.05) is 0 Å². The molecule has 24 heavy (non-hydrogen) atoms. The highest BCUT2D eigenvalue weighted by molar-refractivity contribution is 6.30. The van der Waals surface area contributed by atoms with Gasteiger partial charge in [-0.2, -0.15) is 0 Å². The largest absolute Gasteiger partial charge is 0.481 e. The second kappa shape index (κ2) is 6.65. The number of hydrogen-bond donors (Lipinski definition) is 3. The third-order valence-electron chi connectivity index (χ3n) is 4.65. The van der Waals surface area contributed by atoms with Crippen LogP contribution in [0.5, 0.6) is 0 Å². The molecule has 0 saturated heterocycles. The van der Waals surface area contributed by atoms with E-state index < -0.39 is 23.7 Å². The Kier molecular flexibility index (Phi) is 4.57. The summed E-state index contributed by atoms with van der Waals surface area (Å²) in [5.74, 6) is -3.36. The van der Waals surface area contributed by atoms with E-state index >= 15 is 0 Å². The van der Waals surface area contributed by atoms with Crippen LogP contribution in [0.4, 0.5) is 0 Å². The van der Waals surface area contributed by atoms with E-state index in [1.54, 1.807) is 24.3 Å². The van der Waals surface area contributed by atoms with Crippen LogP contribution in [0, 0.1) is 23.7 Å². The predicted octanol–water partition coefficient (Wildman–Crippen LogP) is 1.55. The van der Waals surface area contributed by atoms with Crippen molar-refractivity contribution < 1.29 is 19.5 Å². The smallest absolute Gasteiger partial charge is 0.307 e. The summed E-state index contributed by atoms with van der Waals surface area (Å²) in [6.07, 6.45) is 4.53. The molecule has 1 aromatic rings. The summed E-state index contributed by atoms with van der Waals surface area (Å²) < 4.78 is 0. The molecule has 0 spiro atoms. The molecule has 7 heteroatoms. The van der Waals surface area contributed by atoms with Gasteiger partial charge in [-0.3, -0.25) is 25.2 Å². The number of rotatable bonds is 4. The van der Waals surface area contributed by atoms with E-state index in [-0.39, 0.29) is 24.2 Å². The molecule has 4 unspecified atom stereocenters. The number of carboxylic acid groups (broad SMARTS) is 1. The van der Waals surface area contributed by atoms with Crippen molar-refractivity contribution in [3.05, 3.63) is 47.0 Å². The Hall–Kier alpha value is -2.34. The van der Waals surface area contributed by atoms with Crippen LogP contribution in [0.2, 0.25) is 5.02 Å². The van der Waals surface area contributed by atoms with Gasteiger partial charge in [0.25, 0.3) is 0 Å². The zero-order valence-electron chi connectivity index (χ0n) is 12.7. The summed E-state index contributed by atoms with van der Waals surface area (Å²) in [4.78, 5) is 35.6. The molecule has 4 atom stereocenters. The summed E-state index contributed by atoms with van der Waals surface area (Å²) in [5, 5.41) is 9.92. The Balaban J connectivity index is 1.55. The molecule has 3 N–H and O–H groups in total. The molecule has 1 aromatic carbocycles. The third kappa shape index (κ3) is 3.28. The van der Waals surface area contributed by atoms with Crippen LogP contribution in [0.25, 0.3) is 0 Å². The zero-order chi connectivity index (χ0) is 17.3. The quantitative estimate of drug-likeness (QED) is 0.568. The predicted molar refractivity (Wildman–Crippen MR) is 86.8 cm³/mol. The van der Waals surface area contributed by atoms with Crippen molar-refractivity contribution in [1.82, 2.24) is 10.9 Å². The number of nitrogens with one attached hydrogen (secondary N) is 2. The first-order valence-corrected chi connectivity index (χ1v) is 8.08. The van der Waals surface area contributed by atoms with E-state index in [0.717, 1.165) is 5.56 Å². The molecule has 2 aliphatic carbocycles. The number of hydrazine groups is 1. The van der Waals surface area contributed by atoms with Gasteiger partial charge in [-0.1, -0.05) is 35.9 Å². The van der Waals surface area contributed by atoms with E-state index in [9.17, 15) is 19.5 Å². The minimum Gasteiger partial charge on any atom is -0.481 e. The van der Waals surface area contributed by atoms with Gasteiger partial charge in [0.15, 0.2) is 0 Å². The van der Waals surface area contributed by atoms with Gasteiger partial charge in [0, 0.05) is 5.02 Å². The molecule has 3 rings (SSSR count). The molecule has 0 radical (unpaired) electrons. The van der Waals surface area contributed by atoms with Gasteiger partial charge in [-0.25, -0.2) is 0 Å². The van der Waals surface area contributed by atoms with Gasteiger partial charge in [0.2, 0.25) is 11.8 Å². The maximum absolute atomic E-state index is 12.3. The number of benzene rings is 1. The number of amides is 2. The first-order chi connectivity index (χ1) is 11.5. The number of fused-ring (bicyclic) bond motifs is 2. The molecule has 0 heterocycles. The molecule has 1 saturated carbocycles. The van der Waals surface area contributed by atoms with Crippen LogP contribution in [0.15, 0.2) is 36.4 Å². The van der Waals surface area contributed by atoms with Gasteiger partial charge < -0.3 is 5.11 Å². The zero-order valence-corrected chi connectivity index (χ0v) is 13.5. The van der Waals surface area contributed by atoms with Crippen molar-refractivity contribution in [1.29, 1.82) is 0 Å². The average Bonchev–Trinajstić information content (AvgIpc) is 3.15. The van der Waals surface area contributed by atoms with Crippen LogP contribution < -0.4 is 10.9 Å². The third-order valence-corrected chi connectivity index (χ3v) is 4.90. The Bertz CT molecular complexity index is 701. The highest BCUT2D eigenvalue weighted by atomic mass is 35.5. The topological polar surface area (TPSA) is 95.5 Å². The van der Waals surface area contributed by atoms with Gasteiger partial charge in [-0.15, -0.1) is 0 Å². The molecule has 0 aliphatic heterocycles. The van der Waals surface area contributed by atoms with Crippen molar-refractivity contribution in [2.24, 2.45) is 23.7 Å². The molecule has 2 aliphatic rings. The standard InChI is InChI=1S/C17H17ClN2O4/c18-12-5-1-9(2-6-12)7-13(21)19-20-16(22)14-10-3-4-11(8-10)15(14)17(23)24/h1-6,10-11,14-15H,7-8H2,(H,19,21)(H,20,22)(H,23,24). The SMILES string of the molecule is O=C(Cc1ccc(Cl)cc1)NNC(=O)C1C2C=CC(C2)C1C(=O)O. The first kappa shape index (κ1) is 16.5. The lowest BCUT2D eigenvalue weighted by molar-refractivity contribution is -0.148. The normalized spacial score (nSPS) is 27.0. The van der Waals surface area contributed by atoms with E-state index in [2.05, 4.69) is 10.9 Å². The molecule has 2 bridgehead atoms. The van der Waals surface area contributed by atoms with Crippen molar-refractivity contribution in [3.63, 3.8) is 0 Å². The molecular weight excluding hydrogens is 332 g/mol. The van der Waals surface area contributed by atoms with Gasteiger partial charge in [0.05, 0.1) is 18.3 Å². The summed E-state index contributed by atoms with van der Waals surface area (Å²) in [5.41, 5.74) is 5.48. The molecule has 1 fully saturated rings. The minimum absolute atomic E-state index is 0.0794. The number of halogens is 1. The van der Waals surface area contributed by atoms with Crippen LogP contribution in [0.3, 0.4) is 0 Å². The van der Waals surface area contributed by atoms with Crippen LogP contribution in [-0.2, 0) is 20.8 Å². The number of aliphatic carboxylic acids is 1. The fourth-order valence-corrected chi connectivity index (χ4v) is 3.69. The minimum atomic E-state index is -0.973. The second-order valence-corrected chi connectivity index (χ2v) is 6.62. The number of carbonyl (C=O) groups is 3. The molecule has 126 valence electrons. The van der Waals surface area contributed by atoms with E-state index in [4.69, 9.17) is 11.6 Å². The Morgan fingerprint density at radius 1 is 1.04 bits per heavy atom. The molecule has 2 amide bonds. The molecule has 6 nitrogen and oxygen atoms in total. The van der Waals surface area contributed by atoms with Crippen LogP contribution in [0.1, 0.15) is 12.0 Å². The Labute approximate surface area is 143 Å². The lowest BCUT2D eigenvalue weighted by Gasteiger charge is -2.23. The first-order valence-electron chi connectivity index (χ1n) is 7.70. The summed E-state index contributed by atoms with van der Waals surface area (Å²) >= 11 is 5.78. The second-order valence-electron chi connectivity index (χ2n) is 6.18. The fourth-order valence-electron chi connectivity index (χ4n) is 3.56. The number of carboxylic acids is 1. The lowest BCUT2D eigenvalue weighted by atomic mass is 9.82. The molecular formula is C17H17ClN2O4. The van der Waals surface area contributed by atoms with E-state index in [1.807, 2.05) is 12.2 Å². The van der Waals surface area contributed by atoms with Crippen LogP contribution >= 0.6 is 11.6 Å². The van der Waals surface area contributed by atoms with Gasteiger partial charge in [-0.05, 0) is 36.0 Å². The Morgan fingerprint density at radius 2 is 1.67 bits per heavy atom. The van der Waals surface area contributed by atoms with Gasteiger partial charge >= 0.3 is 5.97 Å². The van der Waals surface area contributed by atoms with Gasteiger partial charge in [0.1, 0.15) is 0 Å². The van der Waals surface area contributed by atoms with E-state index in [1.165, 1.54) is 0 Å². The van der Waals surface area contributed by atoms with Crippen molar-refractivity contribution in [2.45, 2.75) is 12.8 Å². The number of hydrogen-bond acceptors (Lipinski definition) is 3. The van der Waals surface area contributed by atoms with Crippen LogP contribution in [-0.4, -0.2) is 22.9 Å². The van der Waals surface area contributed by atoms with E-state index in [0.29, 0.717) is 11.4 Å². The highest BCUT2D eigenvalue weighted by Gasteiger charge is 2.51. The number of allylic oxidation sites excluding steroid dienone is 2. The summed E-state index contributed by atoms with van der Waals surface area (Å²) in [7, 11) is 0. The maximum atomic E-state index is 12.3. The monoisotopic (exact) mass is 348 g/mol. The maximum Gasteiger partial charge on any atom is 0.307 e. The fraction of sp³-hybridized carbons (Fsp3) is 0.353. The Morgan fingerprint density at radius 3 is 2.29 bits per heavy atom. The average molecular weight is 349 g/mol. The summed E-state index contributed by atoms with van der Waals surface area (Å²) in [6.45, 7) is 0. The number of carbonyl (C=O) groups excluding carboxylic acids is 2. The lowest BCUT2D eigenvalue weighted by Crippen LogP contribution is -2.48. The van der Waals surface area contributed by atoms with Crippen molar-refractivity contribution >= 4 is 29.4 Å². The highest BCUT2D eigenvalue weighted by Crippen LogP contribution is 2.48.